The molecule has 0 aromatic heterocycles. The molecule has 1 N–H and O–H groups in total. The molecule has 0 rings (SSSR count). The van der Waals surface area contributed by atoms with Gasteiger partial charge in [-0.25, -0.2) is 0 Å². The van der Waals surface area contributed by atoms with Gasteiger partial charge in [0.1, 0.15) is 0 Å². The van der Waals surface area contributed by atoms with E-state index < -0.39 is 23.9 Å². The number of alkyl halides is 4. The van der Waals surface area contributed by atoms with E-state index in [9.17, 15) is 18.0 Å². The van der Waals surface area contributed by atoms with Crippen molar-refractivity contribution in [1.29, 1.82) is 0 Å². The van der Waals surface area contributed by atoms with Crippen molar-refractivity contribution in [3.8, 4) is 0 Å². The Labute approximate surface area is 59.6 Å². The minimum Gasteiger partial charge on any atom is -0.481 e. The van der Waals surface area contributed by atoms with E-state index in [0.717, 1.165) is 0 Å². The third-order valence-corrected chi connectivity index (χ3v) is 1.16. The first kappa shape index (κ1) is 9.55. The molecule has 0 aliphatic carbocycles. The van der Waals surface area contributed by atoms with Crippen LogP contribution in [0.4, 0.5) is 13.2 Å². The van der Waals surface area contributed by atoms with E-state index in [4.69, 9.17) is 16.7 Å². The van der Waals surface area contributed by atoms with Gasteiger partial charge in [0.15, 0.2) is 5.92 Å². The zero-order valence-corrected chi connectivity index (χ0v) is 5.41. The second kappa shape index (κ2) is 3.09. The highest BCUT2D eigenvalue weighted by Gasteiger charge is 2.44. The summed E-state index contributed by atoms with van der Waals surface area (Å²) in [7, 11) is 0. The zero-order chi connectivity index (χ0) is 8.36. The van der Waals surface area contributed by atoms with Crippen molar-refractivity contribution >= 4 is 17.6 Å². The largest absolute Gasteiger partial charge is 0.481 e. The van der Waals surface area contributed by atoms with Crippen LogP contribution in [0.5, 0.6) is 0 Å². The Hall–Kier alpha value is -0.450. The predicted octanol–water partition coefficient (Wildman–Crippen LogP) is 1.49. The molecule has 10 heavy (non-hydrogen) atoms. The highest BCUT2D eigenvalue weighted by atomic mass is 35.5. The first-order chi connectivity index (χ1) is 4.39. The predicted molar refractivity (Wildman–Crippen MR) is 27.9 cm³/mol. The second-order valence-corrected chi connectivity index (χ2v) is 1.90. The first-order valence-corrected chi connectivity index (χ1v) is 2.78. The smallest absolute Gasteiger partial charge is 0.403 e. The van der Waals surface area contributed by atoms with Crippen molar-refractivity contribution in [1.82, 2.24) is 0 Å². The monoisotopic (exact) mass is 176 g/mol. The number of hydrogen-bond acceptors (Lipinski definition) is 1. The molecule has 0 saturated heterocycles. The van der Waals surface area contributed by atoms with Gasteiger partial charge in [-0.05, 0) is 0 Å². The Balaban J connectivity index is 4.22. The molecule has 0 aliphatic heterocycles. The summed E-state index contributed by atoms with van der Waals surface area (Å²) in [4.78, 5) is 9.77. The Bertz CT molecular complexity index is 133. The summed E-state index contributed by atoms with van der Waals surface area (Å²) >= 11 is 4.75. The molecule has 0 heterocycles. The Morgan fingerprint density at radius 1 is 1.60 bits per heavy atom. The van der Waals surface area contributed by atoms with Crippen LogP contribution >= 0.6 is 11.6 Å². The van der Waals surface area contributed by atoms with Crippen LogP contribution in [0.25, 0.3) is 0 Å². The number of carboxylic acid groups (broad SMARTS) is 1. The van der Waals surface area contributed by atoms with Crippen LogP contribution in [0.2, 0.25) is 0 Å². The minimum atomic E-state index is -4.74. The second-order valence-electron chi connectivity index (χ2n) is 1.59. The molecule has 0 amide bonds. The molecule has 6 heteroatoms. The lowest BCUT2D eigenvalue weighted by molar-refractivity contribution is -0.188. The molecule has 1 unspecified atom stereocenters. The molecule has 0 aliphatic rings. The van der Waals surface area contributed by atoms with Gasteiger partial charge in [0.25, 0.3) is 0 Å². The maximum Gasteiger partial charge on any atom is 0.403 e. The third-order valence-electron chi connectivity index (χ3n) is 0.848. The van der Waals surface area contributed by atoms with Crippen molar-refractivity contribution in [3.05, 3.63) is 0 Å². The van der Waals surface area contributed by atoms with E-state index in [-0.39, 0.29) is 0 Å². The molecule has 0 bridgehead atoms. The van der Waals surface area contributed by atoms with E-state index in [2.05, 4.69) is 0 Å². The van der Waals surface area contributed by atoms with Crippen molar-refractivity contribution in [3.63, 3.8) is 0 Å². The maximum atomic E-state index is 11.5. The van der Waals surface area contributed by atoms with Crippen molar-refractivity contribution in [2.45, 2.75) is 6.18 Å². The number of halogens is 4. The Kier molecular flexibility index (Phi) is 2.96. The molecule has 1 atom stereocenters. The number of carbonyl (C=O) groups is 1. The van der Waals surface area contributed by atoms with Crippen LogP contribution in [-0.2, 0) is 4.79 Å². The Morgan fingerprint density at radius 3 is 2.00 bits per heavy atom. The van der Waals surface area contributed by atoms with Gasteiger partial charge >= 0.3 is 12.1 Å². The topological polar surface area (TPSA) is 37.3 Å². The molecule has 2 nitrogen and oxygen atoms in total. The summed E-state index contributed by atoms with van der Waals surface area (Å²) in [5.74, 6) is -5.34. The molecule has 0 aromatic rings. The number of carboxylic acids is 1. The van der Waals surface area contributed by atoms with Gasteiger partial charge < -0.3 is 5.11 Å². The summed E-state index contributed by atoms with van der Waals surface area (Å²) in [5.41, 5.74) is 0. The van der Waals surface area contributed by atoms with Crippen molar-refractivity contribution in [2.24, 2.45) is 5.92 Å². The molecule has 0 radical (unpaired) electrons. The van der Waals surface area contributed by atoms with E-state index in [0.29, 0.717) is 0 Å². The molecular formula is C4H4ClF3O2. The molecule has 0 spiro atoms. The summed E-state index contributed by atoms with van der Waals surface area (Å²) in [5, 5.41) is 7.90. The van der Waals surface area contributed by atoms with Gasteiger partial charge in [0, 0.05) is 5.88 Å². The van der Waals surface area contributed by atoms with E-state index >= 15 is 0 Å². The quantitative estimate of drug-likeness (QED) is 0.648. The van der Waals surface area contributed by atoms with Crippen molar-refractivity contribution in [2.75, 3.05) is 5.88 Å². The number of rotatable bonds is 2. The van der Waals surface area contributed by atoms with Gasteiger partial charge in [0.2, 0.25) is 0 Å². The van der Waals surface area contributed by atoms with Crippen LogP contribution in [0.1, 0.15) is 0 Å². The number of hydrogen-bond donors (Lipinski definition) is 1. The van der Waals surface area contributed by atoms with Crippen LogP contribution < -0.4 is 0 Å². The van der Waals surface area contributed by atoms with E-state index in [1.165, 1.54) is 0 Å². The molecule has 60 valence electrons. The molecular weight excluding hydrogens is 172 g/mol. The number of aliphatic carboxylic acids is 1. The van der Waals surface area contributed by atoms with Gasteiger partial charge in [-0.3, -0.25) is 4.79 Å². The van der Waals surface area contributed by atoms with Gasteiger partial charge in [0.05, 0.1) is 0 Å². The average molecular weight is 177 g/mol. The summed E-state index contributed by atoms with van der Waals surface area (Å²) in [6, 6.07) is 0. The molecule has 0 saturated carbocycles. The highest BCUT2D eigenvalue weighted by Crippen LogP contribution is 2.26. The van der Waals surface area contributed by atoms with Crippen LogP contribution in [0.3, 0.4) is 0 Å². The zero-order valence-electron chi connectivity index (χ0n) is 4.65. The maximum absolute atomic E-state index is 11.5. The van der Waals surface area contributed by atoms with Gasteiger partial charge in [-0.2, -0.15) is 13.2 Å². The van der Waals surface area contributed by atoms with Crippen LogP contribution in [-0.4, -0.2) is 23.1 Å². The lowest BCUT2D eigenvalue weighted by Crippen LogP contribution is -2.31. The third kappa shape index (κ3) is 2.43. The van der Waals surface area contributed by atoms with Gasteiger partial charge in [-0.15, -0.1) is 11.6 Å². The Morgan fingerprint density at radius 2 is 2.00 bits per heavy atom. The van der Waals surface area contributed by atoms with Gasteiger partial charge in [-0.1, -0.05) is 0 Å². The fraction of sp³-hybridized carbons (Fsp3) is 0.750. The minimum absolute atomic E-state index is 0.946. The fourth-order valence-corrected chi connectivity index (χ4v) is 0.600. The highest BCUT2D eigenvalue weighted by molar-refractivity contribution is 6.19. The van der Waals surface area contributed by atoms with Crippen LogP contribution in [0.15, 0.2) is 0 Å². The molecule has 0 aromatic carbocycles. The standard InChI is InChI=1S/C4H4ClF3O2/c5-1-2(3(9)10)4(6,7)8/h2H,1H2,(H,9,10). The van der Waals surface area contributed by atoms with E-state index in [1.54, 1.807) is 0 Å². The molecule has 0 fully saturated rings. The fourth-order valence-electron chi connectivity index (χ4n) is 0.293. The summed E-state index contributed by atoms with van der Waals surface area (Å²) in [6.45, 7) is 0. The summed E-state index contributed by atoms with van der Waals surface area (Å²) in [6.07, 6.45) is -4.74. The SMILES string of the molecule is O=C(O)C(CCl)C(F)(F)F. The average Bonchev–Trinajstić information content (AvgIpc) is 1.60. The van der Waals surface area contributed by atoms with E-state index in [1.807, 2.05) is 0 Å². The lowest BCUT2D eigenvalue weighted by atomic mass is 10.2. The summed E-state index contributed by atoms with van der Waals surface area (Å²) < 4.78 is 34.5. The van der Waals surface area contributed by atoms with Crippen molar-refractivity contribution < 1.29 is 23.1 Å². The normalized spacial score (nSPS) is 14.8. The lowest BCUT2D eigenvalue weighted by Gasteiger charge is -2.11. The van der Waals surface area contributed by atoms with Crippen LogP contribution in [0, 0.1) is 5.92 Å². The first-order valence-electron chi connectivity index (χ1n) is 2.25.